The molecule has 0 aromatic rings. The van der Waals surface area contributed by atoms with Crippen LogP contribution in [0.2, 0.25) is 0 Å². The van der Waals surface area contributed by atoms with E-state index in [4.69, 9.17) is 4.74 Å². The molecule has 0 heterocycles. The van der Waals surface area contributed by atoms with Crippen LogP contribution in [0.4, 0.5) is 0 Å². The summed E-state index contributed by atoms with van der Waals surface area (Å²) in [5.74, 6) is 2.60. The van der Waals surface area contributed by atoms with Crippen LogP contribution in [-0.2, 0) is 4.74 Å². The minimum absolute atomic E-state index is 0.451. The van der Waals surface area contributed by atoms with E-state index in [1.807, 2.05) is 7.11 Å². The van der Waals surface area contributed by atoms with Crippen LogP contribution < -0.4 is 5.32 Å². The van der Waals surface area contributed by atoms with Crippen LogP contribution >= 0.6 is 0 Å². The Labute approximate surface area is 105 Å². The van der Waals surface area contributed by atoms with Gasteiger partial charge in [0.15, 0.2) is 0 Å². The van der Waals surface area contributed by atoms with Gasteiger partial charge in [0.25, 0.3) is 0 Å². The molecule has 1 N–H and O–H groups in total. The Morgan fingerprint density at radius 2 is 2.12 bits per heavy atom. The summed E-state index contributed by atoms with van der Waals surface area (Å²) in [5, 5.41) is 3.85. The van der Waals surface area contributed by atoms with Gasteiger partial charge in [-0.2, -0.15) is 0 Å². The van der Waals surface area contributed by atoms with Gasteiger partial charge in [0.1, 0.15) is 0 Å². The van der Waals surface area contributed by atoms with Gasteiger partial charge in [-0.1, -0.05) is 12.2 Å². The van der Waals surface area contributed by atoms with Crippen molar-refractivity contribution in [1.29, 1.82) is 0 Å². The molecule has 96 valence electrons. The highest BCUT2D eigenvalue weighted by Crippen LogP contribution is 2.45. The lowest BCUT2D eigenvalue weighted by molar-refractivity contribution is 0.0779. The minimum atomic E-state index is 0.451. The van der Waals surface area contributed by atoms with Gasteiger partial charge in [-0.3, -0.25) is 0 Å². The third-order valence-electron chi connectivity index (χ3n) is 5.20. The van der Waals surface area contributed by atoms with E-state index in [1.54, 1.807) is 0 Å². The van der Waals surface area contributed by atoms with Crippen molar-refractivity contribution in [3.05, 3.63) is 12.2 Å². The van der Waals surface area contributed by atoms with Crippen molar-refractivity contribution in [3.63, 3.8) is 0 Å². The second-order valence-electron chi connectivity index (χ2n) is 6.21. The smallest absolute Gasteiger partial charge is 0.0724 e. The van der Waals surface area contributed by atoms with Crippen LogP contribution in [0.25, 0.3) is 0 Å². The predicted molar refractivity (Wildman–Crippen MR) is 69.9 cm³/mol. The number of methoxy groups -OCH3 is 1. The third-order valence-corrected chi connectivity index (χ3v) is 5.20. The van der Waals surface area contributed by atoms with Crippen molar-refractivity contribution in [2.45, 2.75) is 57.2 Å². The van der Waals surface area contributed by atoms with Crippen LogP contribution in [-0.4, -0.2) is 25.3 Å². The van der Waals surface area contributed by atoms with Gasteiger partial charge >= 0.3 is 0 Å². The molecule has 6 unspecified atom stereocenters. The van der Waals surface area contributed by atoms with E-state index in [0.717, 1.165) is 17.8 Å². The van der Waals surface area contributed by atoms with Gasteiger partial charge in [-0.15, -0.1) is 0 Å². The predicted octanol–water partition coefficient (Wildman–Crippen LogP) is 2.74. The highest BCUT2D eigenvalue weighted by atomic mass is 16.5. The molecule has 2 heteroatoms. The van der Waals surface area contributed by atoms with Gasteiger partial charge in [0, 0.05) is 19.2 Å². The van der Waals surface area contributed by atoms with Gasteiger partial charge in [-0.05, 0) is 56.8 Å². The van der Waals surface area contributed by atoms with Crippen molar-refractivity contribution < 1.29 is 4.74 Å². The van der Waals surface area contributed by atoms with Gasteiger partial charge in [-0.25, -0.2) is 0 Å². The fraction of sp³-hybridized carbons (Fsp3) is 0.867. The maximum absolute atomic E-state index is 5.57. The van der Waals surface area contributed by atoms with Gasteiger partial charge in [0.2, 0.25) is 0 Å². The second-order valence-corrected chi connectivity index (χ2v) is 6.21. The third kappa shape index (κ3) is 2.17. The lowest BCUT2D eigenvalue weighted by atomic mass is 9.87. The first-order valence-electron chi connectivity index (χ1n) is 7.25. The molecule has 0 amide bonds. The molecule has 2 saturated carbocycles. The topological polar surface area (TPSA) is 21.3 Å². The molecule has 0 radical (unpaired) electrons. The van der Waals surface area contributed by atoms with E-state index in [0.29, 0.717) is 18.2 Å². The molecule has 2 fully saturated rings. The summed E-state index contributed by atoms with van der Waals surface area (Å²) in [5.41, 5.74) is 0. The molecular formula is C15H25NO. The van der Waals surface area contributed by atoms with E-state index >= 15 is 0 Å². The molecule has 6 atom stereocenters. The summed E-state index contributed by atoms with van der Waals surface area (Å²) in [6.45, 7) is 2.38. The van der Waals surface area contributed by atoms with Crippen LogP contribution in [0.3, 0.4) is 0 Å². The van der Waals surface area contributed by atoms with E-state index in [-0.39, 0.29) is 0 Å². The largest absolute Gasteiger partial charge is 0.380 e. The monoisotopic (exact) mass is 235 g/mol. The van der Waals surface area contributed by atoms with Gasteiger partial charge in [0.05, 0.1) is 6.10 Å². The molecular weight excluding hydrogens is 210 g/mol. The van der Waals surface area contributed by atoms with Crippen LogP contribution in [0, 0.1) is 17.8 Å². The minimum Gasteiger partial charge on any atom is -0.380 e. The fourth-order valence-electron chi connectivity index (χ4n) is 4.26. The Morgan fingerprint density at radius 1 is 1.24 bits per heavy atom. The first kappa shape index (κ1) is 11.7. The zero-order chi connectivity index (χ0) is 11.8. The highest BCUT2D eigenvalue weighted by molar-refractivity contribution is 5.11. The van der Waals surface area contributed by atoms with Crippen LogP contribution in [0.1, 0.15) is 39.0 Å². The summed E-state index contributed by atoms with van der Waals surface area (Å²) in [6.07, 6.45) is 12.0. The number of hydrogen-bond donors (Lipinski definition) is 1. The molecule has 17 heavy (non-hydrogen) atoms. The van der Waals surface area contributed by atoms with Crippen molar-refractivity contribution in [2.24, 2.45) is 17.8 Å². The van der Waals surface area contributed by atoms with Crippen molar-refractivity contribution in [3.8, 4) is 0 Å². The Bertz CT molecular complexity index is 301. The fourth-order valence-corrected chi connectivity index (χ4v) is 4.26. The number of nitrogens with one attached hydrogen (secondary N) is 1. The average molecular weight is 235 g/mol. The standard InChI is InChI=1S/C15H25NO/c1-10(13-9-11-6-7-12(13)8-11)16-14-4-3-5-15(14)17-2/h6-7,10-16H,3-5,8-9H2,1-2H3. The maximum Gasteiger partial charge on any atom is 0.0724 e. The van der Waals surface area contributed by atoms with Crippen molar-refractivity contribution in [1.82, 2.24) is 5.32 Å². The van der Waals surface area contributed by atoms with E-state index in [1.165, 1.54) is 32.1 Å². The van der Waals surface area contributed by atoms with Gasteiger partial charge < -0.3 is 10.1 Å². The number of hydrogen-bond acceptors (Lipinski definition) is 2. The average Bonchev–Trinajstić information content (AvgIpc) is 3.03. The molecule has 0 spiro atoms. The Hall–Kier alpha value is -0.340. The Kier molecular flexibility index (Phi) is 3.27. The summed E-state index contributed by atoms with van der Waals surface area (Å²) in [4.78, 5) is 0. The molecule has 2 bridgehead atoms. The van der Waals surface area contributed by atoms with E-state index in [2.05, 4.69) is 24.4 Å². The number of fused-ring (bicyclic) bond motifs is 2. The highest BCUT2D eigenvalue weighted by Gasteiger charge is 2.39. The molecule has 0 aromatic carbocycles. The van der Waals surface area contributed by atoms with E-state index in [9.17, 15) is 0 Å². The molecule has 3 aliphatic rings. The lowest BCUT2D eigenvalue weighted by Gasteiger charge is -2.31. The van der Waals surface area contributed by atoms with Crippen LogP contribution in [0.5, 0.6) is 0 Å². The summed E-state index contributed by atoms with van der Waals surface area (Å²) in [6, 6.07) is 1.24. The quantitative estimate of drug-likeness (QED) is 0.757. The normalized spacial score (nSPS) is 45.6. The SMILES string of the molecule is COC1CCCC1NC(C)C1CC2C=CC1C2. The first-order valence-corrected chi connectivity index (χ1v) is 7.25. The molecule has 3 rings (SSSR count). The lowest BCUT2D eigenvalue weighted by Crippen LogP contribution is -2.46. The first-order chi connectivity index (χ1) is 8.28. The number of allylic oxidation sites excluding steroid dienone is 2. The molecule has 3 aliphatic carbocycles. The van der Waals surface area contributed by atoms with Crippen molar-refractivity contribution >= 4 is 0 Å². The summed E-state index contributed by atoms with van der Waals surface area (Å²) in [7, 11) is 1.86. The maximum atomic E-state index is 5.57. The second kappa shape index (κ2) is 4.74. The zero-order valence-corrected chi connectivity index (χ0v) is 11.1. The molecule has 0 saturated heterocycles. The number of rotatable bonds is 4. The number of ether oxygens (including phenoxy) is 1. The zero-order valence-electron chi connectivity index (χ0n) is 11.1. The summed E-state index contributed by atoms with van der Waals surface area (Å²) < 4.78 is 5.57. The molecule has 0 aliphatic heterocycles. The van der Waals surface area contributed by atoms with Crippen LogP contribution in [0.15, 0.2) is 12.2 Å². The molecule has 2 nitrogen and oxygen atoms in total. The Balaban J connectivity index is 1.56. The van der Waals surface area contributed by atoms with E-state index < -0.39 is 0 Å². The Morgan fingerprint density at radius 3 is 2.76 bits per heavy atom. The molecule has 0 aromatic heterocycles. The van der Waals surface area contributed by atoms with Crippen molar-refractivity contribution in [2.75, 3.05) is 7.11 Å². The summed E-state index contributed by atoms with van der Waals surface area (Å²) >= 11 is 0.